The van der Waals surface area contributed by atoms with E-state index in [1.165, 1.54) is 25.7 Å². The third kappa shape index (κ3) is 3.39. The maximum atomic E-state index is 5.50. The van der Waals surface area contributed by atoms with Crippen LogP contribution in [0.2, 0.25) is 0 Å². The predicted molar refractivity (Wildman–Crippen MR) is 79.2 cm³/mol. The second-order valence-corrected chi connectivity index (χ2v) is 5.72. The Morgan fingerprint density at radius 3 is 2.75 bits per heavy atom. The van der Waals surface area contributed by atoms with E-state index < -0.39 is 0 Å². The molecule has 110 valence electrons. The van der Waals surface area contributed by atoms with Crippen molar-refractivity contribution in [2.24, 2.45) is 5.92 Å². The molecule has 2 heterocycles. The van der Waals surface area contributed by atoms with Gasteiger partial charge in [-0.2, -0.15) is 0 Å². The van der Waals surface area contributed by atoms with Crippen LogP contribution in [0.1, 0.15) is 32.6 Å². The molecular formula is C15H24N4O. The van der Waals surface area contributed by atoms with Gasteiger partial charge in [0.1, 0.15) is 12.1 Å². The number of ether oxygens (including phenoxy) is 1. The van der Waals surface area contributed by atoms with Gasteiger partial charge in [0.2, 0.25) is 5.88 Å². The Morgan fingerprint density at radius 1 is 1.25 bits per heavy atom. The normalized spacial score (nSPS) is 19.9. The number of hydrogen-bond acceptors (Lipinski definition) is 5. The van der Waals surface area contributed by atoms with Gasteiger partial charge in [-0.3, -0.25) is 0 Å². The molecular weight excluding hydrogens is 252 g/mol. The summed E-state index contributed by atoms with van der Waals surface area (Å²) in [5.41, 5.74) is 0. The molecule has 0 bridgehead atoms. The molecule has 1 saturated carbocycles. The topological polar surface area (TPSA) is 50.3 Å². The second-order valence-electron chi connectivity index (χ2n) is 5.72. The molecule has 2 aliphatic rings. The first-order valence-corrected chi connectivity index (χ1v) is 7.79. The van der Waals surface area contributed by atoms with Gasteiger partial charge in [-0.05, 0) is 51.6 Å². The lowest BCUT2D eigenvalue weighted by Gasteiger charge is -2.31. The summed E-state index contributed by atoms with van der Waals surface area (Å²) in [4.78, 5) is 11.1. The molecule has 1 aromatic rings. The van der Waals surface area contributed by atoms with E-state index in [0.29, 0.717) is 18.5 Å². The van der Waals surface area contributed by atoms with Crippen molar-refractivity contribution in [1.82, 2.24) is 15.3 Å². The Kier molecular flexibility index (Phi) is 4.35. The van der Waals surface area contributed by atoms with Crippen LogP contribution in [0, 0.1) is 5.92 Å². The Labute approximate surface area is 120 Å². The summed E-state index contributed by atoms with van der Waals surface area (Å²) in [5, 5.41) is 3.43. The van der Waals surface area contributed by atoms with Crippen LogP contribution >= 0.6 is 0 Å². The number of nitrogens with one attached hydrogen (secondary N) is 1. The van der Waals surface area contributed by atoms with Gasteiger partial charge in [0, 0.05) is 18.7 Å². The fourth-order valence-electron chi connectivity index (χ4n) is 2.87. The minimum absolute atomic E-state index is 0.647. The van der Waals surface area contributed by atoms with E-state index in [4.69, 9.17) is 4.74 Å². The van der Waals surface area contributed by atoms with E-state index in [0.717, 1.165) is 31.4 Å². The zero-order valence-corrected chi connectivity index (χ0v) is 12.2. The zero-order chi connectivity index (χ0) is 13.8. The summed E-state index contributed by atoms with van der Waals surface area (Å²) in [6.07, 6.45) is 6.75. The highest BCUT2D eigenvalue weighted by atomic mass is 16.5. The fourth-order valence-corrected chi connectivity index (χ4v) is 2.87. The Bertz CT molecular complexity index is 430. The second kappa shape index (κ2) is 6.39. The third-order valence-corrected chi connectivity index (χ3v) is 4.12. The molecule has 3 rings (SSSR count). The smallest absolute Gasteiger partial charge is 0.218 e. The minimum atomic E-state index is 0.647. The first kappa shape index (κ1) is 13.6. The van der Waals surface area contributed by atoms with Crippen LogP contribution in [0.3, 0.4) is 0 Å². The third-order valence-electron chi connectivity index (χ3n) is 4.12. The maximum absolute atomic E-state index is 5.50. The summed E-state index contributed by atoms with van der Waals surface area (Å²) in [6, 6.07) is 2.66. The number of hydrogen-bond donors (Lipinski definition) is 1. The van der Waals surface area contributed by atoms with E-state index in [1.54, 1.807) is 6.33 Å². The van der Waals surface area contributed by atoms with E-state index in [2.05, 4.69) is 20.2 Å². The van der Waals surface area contributed by atoms with Crippen molar-refractivity contribution < 1.29 is 4.74 Å². The molecule has 0 amide bonds. The van der Waals surface area contributed by atoms with Gasteiger partial charge in [-0.1, -0.05) is 0 Å². The molecule has 2 fully saturated rings. The molecule has 1 N–H and O–H groups in total. The molecule has 0 radical (unpaired) electrons. The van der Waals surface area contributed by atoms with Crippen LogP contribution in [-0.2, 0) is 0 Å². The molecule has 0 unspecified atom stereocenters. The van der Waals surface area contributed by atoms with Crippen LogP contribution in [0.15, 0.2) is 12.4 Å². The zero-order valence-electron chi connectivity index (χ0n) is 12.2. The molecule has 1 aliphatic carbocycles. The van der Waals surface area contributed by atoms with Crippen molar-refractivity contribution in [3.8, 4) is 5.88 Å². The highest BCUT2D eigenvalue weighted by Crippen LogP contribution is 2.33. The summed E-state index contributed by atoms with van der Waals surface area (Å²) in [5.74, 6) is 2.50. The lowest BCUT2D eigenvalue weighted by molar-refractivity contribution is 0.325. The Morgan fingerprint density at radius 2 is 2.05 bits per heavy atom. The number of aromatic nitrogens is 2. The van der Waals surface area contributed by atoms with Gasteiger partial charge in [0.05, 0.1) is 6.61 Å². The van der Waals surface area contributed by atoms with Gasteiger partial charge >= 0.3 is 0 Å². The summed E-state index contributed by atoms with van der Waals surface area (Å²) >= 11 is 0. The Balaban J connectivity index is 1.70. The quantitative estimate of drug-likeness (QED) is 0.859. The maximum Gasteiger partial charge on any atom is 0.218 e. The standard InChI is InChI=1S/C15H24N4O/c1-2-20-15-9-14(17-11-18-15)19(13-3-4-13)10-12-5-7-16-8-6-12/h9,11-13,16H,2-8,10H2,1H3. The first-order chi connectivity index (χ1) is 9.86. The number of anilines is 1. The van der Waals surface area contributed by atoms with Crippen LogP contribution in [0.4, 0.5) is 5.82 Å². The lowest BCUT2D eigenvalue weighted by Crippen LogP contribution is -2.37. The number of piperidine rings is 1. The van der Waals surface area contributed by atoms with Crippen molar-refractivity contribution in [3.05, 3.63) is 12.4 Å². The molecule has 20 heavy (non-hydrogen) atoms. The van der Waals surface area contributed by atoms with E-state index >= 15 is 0 Å². The van der Waals surface area contributed by atoms with Crippen molar-refractivity contribution >= 4 is 5.82 Å². The van der Waals surface area contributed by atoms with Crippen LogP contribution < -0.4 is 15.0 Å². The van der Waals surface area contributed by atoms with Gasteiger partial charge in [0.25, 0.3) is 0 Å². The molecule has 0 aromatic carbocycles. The average Bonchev–Trinajstić information content (AvgIpc) is 3.31. The van der Waals surface area contributed by atoms with Crippen molar-refractivity contribution in [3.63, 3.8) is 0 Å². The SMILES string of the molecule is CCOc1cc(N(CC2CCNCC2)C2CC2)ncn1. The highest BCUT2D eigenvalue weighted by molar-refractivity contribution is 5.43. The molecule has 0 atom stereocenters. The number of nitrogens with zero attached hydrogens (tertiary/aromatic N) is 3. The number of rotatable bonds is 6. The molecule has 1 aromatic heterocycles. The predicted octanol–water partition coefficient (Wildman–Crippen LogP) is 1.84. The average molecular weight is 276 g/mol. The van der Waals surface area contributed by atoms with Crippen LogP contribution in [0.5, 0.6) is 5.88 Å². The Hall–Kier alpha value is -1.36. The molecule has 5 nitrogen and oxygen atoms in total. The van der Waals surface area contributed by atoms with Crippen molar-refractivity contribution in [1.29, 1.82) is 0 Å². The molecule has 1 aliphatic heterocycles. The van der Waals surface area contributed by atoms with Gasteiger partial charge in [-0.25, -0.2) is 9.97 Å². The summed E-state index contributed by atoms with van der Waals surface area (Å²) in [6.45, 7) is 6.05. The van der Waals surface area contributed by atoms with Crippen LogP contribution in [-0.4, -0.2) is 42.3 Å². The van der Waals surface area contributed by atoms with Gasteiger partial charge in [-0.15, -0.1) is 0 Å². The highest BCUT2D eigenvalue weighted by Gasteiger charge is 2.32. The largest absolute Gasteiger partial charge is 0.478 e. The van der Waals surface area contributed by atoms with Crippen molar-refractivity contribution in [2.45, 2.75) is 38.6 Å². The van der Waals surface area contributed by atoms with E-state index in [9.17, 15) is 0 Å². The lowest BCUT2D eigenvalue weighted by atomic mass is 9.97. The fraction of sp³-hybridized carbons (Fsp3) is 0.733. The summed E-state index contributed by atoms with van der Waals surface area (Å²) < 4.78 is 5.50. The van der Waals surface area contributed by atoms with E-state index in [-0.39, 0.29) is 0 Å². The van der Waals surface area contributed by atoms with Gasteiger partial charge < -0.3 is 15.0 Å². The minimum Gasteiger partial charge on any atom is -0.478 e. The van der Waals surface area contributed by atoms with Gasteiger partial charge in [0.15, 0.2) is 0 Å². The van der Waals surface area contributed by atoms with Crippen LogP contribution in [0.25, 0.3) is 0 Å². The van der Waals surface area contributed by atoms with Crippen molar-refractivity contribution in [2.75, 3.05) is 31.1 Å². The van der Waals surface area contributed by atoms with E-state index in [1.807, 2.05) is 13.0 Å². The first-order valence-electron chi connectivity index (χ1n) is 7.79. The monoisotopic (exact) mass is 276 g/mol. The molecule has 1 saturated heterocycles. The molecule has 0 spiro atoms. The molecule has 5 heteroatoms. The summed E-state index contributed by atoms with van der Waals surface area (Å²) in [7, 11) is 0.